The van der Waals surface area contributed by atoms with Crippen molar-refractivity contribution in [1.29, 1.82) is 0 Å². The highest BCUT2D eigenvalue weighted by Gasteiger charge is 2.03. The number of carbonyl (C=O) groups excluding carboxylic acids is 1. The first-order valence-corrected chi connectivity index (χ1v) is 6.03. The van der Waals surface area contributed by atoms with Crippen molar-refractivity contribution in [2.45, 2.75) is 13.5 Å². The van der Waals surface area contributed by atoms with E-state index in [1.165, 1.54) is 6.08 Å². The molecule has 2 aromatic heterocycles. The van der Waals surface area contributed by atoms with Crippen molar-refractivity contribution in [3.63, 3.8) is 0 Å². The van der Waals surface area contributed by atoms with Crippen molar-refractivity contribution in [2.75, 3.05) is 0 Å². The van der Waals surface area contributed by atoms with Crippen molar-refractivity contribution in [3.8, 4) is 0 Å². The van der Waals surface area contributed by atoms with Crippen LogP contribution in [0.4, 0.5) is 0 Å². The molecule has 5 heteroatoms. The molecule has 0 saturated heterocycles. The Hall–Kier alpha value is -2.07. The van der Waals surface area contributed by atoms with Gasteiger partial charge in [-0.1, -0.05) is 17.7 Å². The second-order valence-electron chi connectivity index (χ2n) is 3.84. The van der Waals surface area contributed by atoms with E-state index in [4.69, 9.17) is 20.8 Å². The number of rotatable bonds is 4. The second-order valence-corrected chi connectivity index (χ2v) is 4.20. The maximum absolute atomic E-state index is 11.5. The molecule has 0 atom stereocenters. The molecule has 0 fully saturated rings. The molecule has 2 rings (SSSR count). The van der Waals surface area contributed by atoms with Crippen molar-refractivity contribution in [2.24, 2.45) is 0 Å². The van der Waals surface area contributed by atoms with Gasteiger partial charge in [-0.15, -0.1) is 0 Å². The summed E-state index contributed by atoms with van der Waals surface area (Å²) in [5.74, 6) is 0.929. The number of esters is 1. The fraction of sp³-hybridized carbons (Fsp3) is 0.143. The van der Waals surface area contributed by atoms with Crippen LogP contribution in [-0.4, -0.2) is 11.0 Å². The Morgan fingerprint density at radius 1 is 1.47 bits per heavy atom. The van der Waals surface area contributed by atoms with E-state index in [-0.39, 0.29) is 6.61 Å². The molecule has 0 radical (unpaired) electrons. The monoisotopic (exact) mass is 277 g/mol. The molecule has 0 unspecified atom stereocenters. The van der Waals surface area contributed by atoms with Gasteiger partial charge in [0.25, 0.3) is 0 Å². The summed E-state index contributed by atoms with van der Waals surface area (Å²) in [4.78, 5) is 15.4. The molecule has 0 bridgehead atoms. The Balaban J connectivity index is 1.88. The minimum atomic E-state index is -0.464. The van der Waals surface area contributed by atoms with Crippen LogP contribution < -0.4 is 0 Å². The minimum Gasteiger partial charge on any atom is -0.462 e. The van der Waals surface area contributed by atoms with Crippen molar-refractivity contribution in [1.82, 2.24) is 4.98 Å². The van der Waals surface area contributed by atoms with Crippen LogP contribution in [0.3, 0.4) is 0 Å². The largest absolute Gasteiger partial charge is 0.462 e. The third-order valence-electron chi connectivity index (χ3n) is 2.35. The number of nitrogens with zero attached hydrogens (tertiary/aromatic N) is 1. The van der Waals surface area contributed by atoms with E-state index in [2.05, 4.69) is 4.98 Å². The van der Waals surface area contributed by atoms with E-state index in [0.717, 1.165) is 5.76 Å². The molecule has 0 N–H and O–H groups in total. The van der Waals surface area contributed by atoms with Gasteiger partial charge in [0, 0.05) is 17.8 Å². The molecule has 0 aliphatic rings. The molecular formula is C14H12ClNO3. The van der Waals surface area contributed by atoms with Gasteiger partial charge in [-0.3, -0.25) is 0 Å². The highest BCUT2D eigenvalue weighted by atomic mass is 35.5. The van der Waals surface area contributed by atoms with E-state index in [1.54, 1.807) is 30.5 Å². The van der Waals surface area contributed by atoms with Crippen LogP contribution in [-0.2, 0) is 16.1 Å². The topological polar surface area (TPSA) is 52.3 Å². The number of carbonyl (C=O) groups is 1. The van der Waals surface area contributed by atoms with E-state index in [0.29, 0.717) is 16.5 Å². The molecule has 2 heterocycles. The van der Waals surface area contributed by atoms with Gasteiger partial charge in [0.1, 0.15) is 23.3 Å². The lowest BCUT2D eigenvalue weighted by Crippen LogP contribution is -2.01. The van der Waals surface area contributed by atoms with E-state index in [1.807, 2.05) is 13.0 Å². The first-order valence-electron chi connectivity index (χ1n) is 5.66. The van der Waals surface area contributed by atoms with Crippen LogP contribution in [0.25, 0.3) is 6.08 Å². The summed E-state index contributed by atoms with van der Waals surface area (Å²) in [6.45, 7) is 1.92. The van der Waals surface area contributed by atoms with Crippen LogP contribution >= 0.6 is 11.6 Å². The molecule has 2 aromatic rings. The number of aryl methyl sites for hydroxylation is 1. The summed E-state index contributed by atoms with van der Waals surface area (Å²) in [5, 5.41) is 0.334. The summed E-state index contributed by atoms with van der Waals surface area (Å²) < 4.78 is 10.3. The number of ether oxygens (including phenoxy) is 1. The Bertz CT molecular complexity index is 604. The lowest BCUT2D eigenvalue weighted by Gasteiger charge is -2.02. The van der Waals surface area contributed by atoms with Crippen LogP contribution in [0.15, 0.2) is 41.0 Å². The number of halogens is 1. The third-order valence-corrected chi connectivity index (χ3v) is 2.69. The Morgan fingerprint density at radius 2 is 2.32 bits per heavy atom. The Kier molecular flexibility index (Phi) is 4.36. The second kappa shape index (κ2) is 6.20. The Morgan fingerprint density at radius 3 is 3.00 bits per heavy atom. The Labute approximate surface area is 115 Å². The molecule has 0 amide bonds. The van der Waals surface area contributed by atoms with E-state index < -0.39 is 5.97 Å². The van der Waals surface area contributed by atoms with Crippen molar-refractivity contribution >= 4 is 23.6 Å². The summed E-state index contributed by atoms with van der Waals surface area (Å²) in [7, 11) is 0. The SMILES string of the molecule is Cc1ccc(/C=C/C(=O)OCc2cccnc2Cl)o1. The number of pyridine rings is 1. The number of hydrogen-bond acceptors (Lipinski definition) is 4. The van der Waals surface area contributed by atoms with Gasteiger partial charge in [0.15, 0.2) is 0 Å². The maximum atomic E-state index is 11.5. The molecule has 0 saturated carbocycles. The average molecular weight is 278 g/mol. The maximum Gasteiger partial charge on any atom is 0.331 e. The molecule has 19 heavy (non-hydrogen) atoms. The van der Waals surface area contributed by atoms with E-state index in [9.17, 15) is 4.79 Å². The lowest BCUT2D eigenvalue weighted by molar-refractivity contribution is -0.138. The van der Waals surface area contributed by atoms with Crippen molar-refractivity contribution in [3.05, 3.63) is 58.8 Å². The van der Waals surface area contributed by atoms with Crippen LogP contribution in [0.1, 0.15) is 17.1 Å². The zero-order valence-electron chi connectivity index (χ0n) is 10.3. The number of aromatic nitrogens is 1. The molecular weight excluding hydrogens is 266 g/mol. The molecule has 4 nitrogen and oxygen atoms in total. The van der Waals surface area contributed by atoms with Gasteiger partial charge in [0.05, 0.1) is 0 Å². The van der Waals surface area contributed by atoms with Crippen LogP contribution in [0.2, 0.25) is 5.15 Å². The number of furan rings is 1. The zero-order chi connectivity index (χ0) is 13.7. The smallest absolute Gasteiger partial charge is 0.331 e. The standard InChI is InChI=1S/C14H12ClNO3/c1-10-4-5-12(19-10)6-7-13(17)18-9-11-3-2-8-16-14(11)15/h2-8H,9H2,1H3/b7-6+. The molecule has 0 aliphatic heterocycles. The van der Waals surface area contributed by atoms with E-state index >= 15 is 0 Å². The number of hydrogen-bond donors (Lipinski definition) is 0. The predicted molar refractivity (Wildman–Crippen MR) is 71.5 cm³/mol. The molecule has 98 valence electrons. The zero-order valence-corrected chi connectivity index (χ0v) is 11.1. The van der Waals surface area contributed by atoms with Crippen LogP contribution in [0.5, 0.6) is 0 Å². The minimum absolute atomic E-state index is 0.0903. The highest BCUT2D eigenvalue weighted by molar-refractivity contribution is 6.30. The molecule has 0 spiro atoms. The van der Waals surface area contributed by atoms with Gasteiger partial charge in [-0.25, -0.2) is 9.78 Å². The first kappa shape index (κ1) is 13.4. The van der Waals surface area contributed by atoms with Crippen molar-refractivity contribution < 1.29 is 13.9 Å². The predicted octanol–water partition coefficient (Wildman–Crippen LogP) is 3.39. The first-order chi connectivity index (χ1) is 9.15. The van der Waals surface area contributed by atoms with Gasteiger partial charge in [-0.2, -0.15) is 0 Å². The fourth-order valence-corrected chi connectivity index (χ4v) is 1.59. The third kappa shape index (κ3) is 3.96. The normalized spacial score (nSPS) is 10.8. The quantitative estimate of drug-likeness (QED) is 0.488. The van der Waals surface area contributed by atoms with Crippen LogP contribution in [0, 0.1) is 6.92 Å². The summed E-state index contributed by atoms with van der Waals surface area (Å²) in [5.41, 5.74) is 0.666. The van der Waals surface area contributed by atoms with Gasteiger partial charge >= 0.3 is 5.97 Å². The molecule has 0 aliphatic carbocycles. The highest BCUT2D eigenvalue weighted by Crippen LogP contribution is 2.13. The molecule has 0 aromatic carbocycles. The average Bonchev–Trinajstić information content (AvgIpc) is 2.81. The fourth-order valence-electron chi connectivity index (χ4n) is 1.42. The summed E-state index contributed by atoms with van der Waals surface area (Å²) in [6, 6.07) is 7.08. The van der Waals surface area contributed by atoms with Gasteiger partial charge in [-0.05, 0) is 31.2 Å². The van der Waals surface area contributed by atoms with Gasteiger partial charge < -0.3 is 9.15 Å². The summed E-state index contributed by atoms with van der Waals surface area (Å²) >= 11 is 5.85. The lowest BCUT2D eigenvalue weighted by atomic mass is 10.3. The summed E-state index contributed by atoms with van der Waals surface area (Å²) in [6.07, 6.45) is 4.44. The van der Waals surface area contributed by atoms with Gasteiger partial charge in [0.2, 0.25) is 0 Å².